The van der Waals surface area contributed by atoms with Crippen LogP contribution in [-0.2, 0) is 6.61 Å². The van der Waals surface area contributed by atoms with Crippen molar-refractivity contribution < 1.29 is 4.74 Å². The van der Waals surface area contributed by atoms with E-state index in [0.29, 0.717) is 17.9 Å². The molecular formula is C13H12BrN3O. The van der Waals surface area contributed by atoms with E-state index < -0.39 is 0 Å². The maximum Gasteiger partial charge on any atom is 0.130 e. The zero-order valence-corrected chi connectivity index (χ0v) is 11.1. The number of para-hydroxylation sites is 1. The number of benzene rings is 1. The van der Waals surface area contributed by atoms with Crippen molar-refractivity contribution in [3.63, 3.8) is 0 Å². The monoisotopic (exact) mass is 305 g/mol. The number of nitrogen functional groups attached to an aromatic ring is 1. The fourth-order valence-corrected chi connectivity index (χ4v) is 1.92. The first-order chi connectivity index (χ1) is 8.66. The molecular weight excluding hydrogens is 294 g/mol. The first kappa shape index (κ1) is 12.6. The molecule has 0 aliphatic rings. The van der Waals surface area contributed by atoms with E-state index in [1.165, 1.54) is 0 Å². The molecule has 2 aromatic rings. The first-order valence-corrected chi connectivity index (χ1v) is 6.12. The van der Waals surface area contributed by atoms with Gasteiger partial charge in [0.2, 0.25) is 0 Å². The lowest BCUT2D eigenvalue weighted by Gasteiger charge is -2.10. The Morgan fingerprint density at radius 1 is 1.33 bits per heavy atom. The maximum atomic E-state index is 7.47. The van der Waals surface area contributed by atoms with Crippen molar-refractivity contribution in [2.75, 3.05) is 0 Å². The molecule has 0 bridgehead atoms. The van der Waals surface area contributed by atoms with E-state index in [-0.39, 0.29) is 5.84 Å². The van der Waals surface area contributed by atoms with Gasteiger partial charge in [-0.25, -0.2) is 0 Å². The second-order valence-electron chi connectivity index (χ2n) is 3.71. The number of hydrogen-bond donors (Lipinski definition) is 2. The number of ether oxygens (including phenoxy) is 1. The number of aromatic nitrogens is 1. The van der Waals surface area contributed by atoms with Gasteiger partial charge in [-0.15, -0.1) is 0 Å². The zero-order valence-electron chi connectivity index (χ0n) is 9.56. The van der Waals surface area contributed by atoms with Gasteiger partial charge in [-0.3, -0.25) is 10.4 Å². The topological polar surface area (TPSA) is 72.0 Å². The molecule has 0 fully saturated rings. The Bertz CT molecular complexity index is 572. The van der Waals surface area contributed by atoms with E-state index in [4.69, 9.17) is 15.9 Å². The summed E-state index contributed by atoms with van der Waals surface area (Å²) in [6.45, 7) is 0.386. The molecule has 0 spiro atoms. The molecule has 0 saturated carbocycles. The molecule has 1 aromatic heterocycles. The van der Waals surface area contributed by atoms with Gasteiger partial charge in [0, 0.05) is 22.4 Å². The minimum atomic E-state index is -0.00188. The highest BCUT2D eigenvalue weighted by Gasteiger charge is 2.05. The van der Waals surface area contributed by atoms with Crippen molar-refractivity contribution in [2.45, 2.75) is 6.61 Å². The summed E-state index contributed by atoms with van der Waals surface area (Å²) in [5.41, 5.74) is 7.04. The molecule has 0 radical (unpaired) electrons. The van der Waals surface area contributed by atoms with Crippen LogP contribution >= 0.6 is 15.9 Å². The summed E-state index contributed by atoms with van der Waals surface area (Å²) in [4.78, 5) is 4.06. The summed E-state index contributed by atoms with van der Waals surface area (Å²) in [6.07, 6.45) is 3.45. The molecule has 0 amide bonds. The molecule has 18 heavy (non-hydrogen) atoms. The molecule has 4 nitrogen and oxygen atoms in total. The van der Waals surface area contributed by atoms with Crippen LogP contribution in [0.4, 0.5) is 0 Å². The second kappa shape index (κ2) is 5.64. The van der Waals surface area contributed by atoms with Crippen molar-refractivity contribution in [1.29, 1.82) is 5.41 Å². The SMILES string of the molecule is N=C(N)c1ccccc1OCc1cncc(Br)c1. The summed E-state index contributed by atoms with van der Waals surface area (Å²) in [5, 5.41) is 7.47. The van der Waals surface area contributed by atoms with E-state index in [9.17, 15) is 0 Å². The number of pyridine rings is 1. The summed E-state index contributed by atoms with van der Waals surface area (Å²) < 4.78 is 6.56. The zero-order chi connectivity index (χ0) is 13.0. The third kappa shape index (κ3) is 3.07. The van der Waals surface area contributed by atoms with Crippen molar-refractivity contribution in [3.8, 4) is 5.75 Å². The molecule has 92 valence electrons. The molecule has 0 aliphatic heterocycles. The first-order valence-electron chi connectivity index (χ1n) is 5.32. The van der Waals surface area contributed by atoms with Gasteiger partial charge in [0.25, 0.3) is 0 Å². The van der Waals surface area contributed by atoms with E-state index in [2.05, 4.69) is 20.9 Å². The van der Waals surface area contributed by atoms with Crippen LogP contribution in [0.3, 0.4) is 0 Å². The van der Waals surface area contributed by atoms with Crippen LogP contribution in [0, 0.1) is 5.41 Å². The smallest absolute Gasteiger partial charge is 0.130 e. The van der Waals surface area contributed by atoms with Gasteiger partial charge in [-0.1, -0.05) is 12.1 Å². The maximum absolute atomic E-state index is 7.47. The van der Waals surface area contributed by atoms with Crippen LogP contribution in [0.25, 0.3) is 0 Å². The molecule has 0 atom stereocenters. The molecule has 3 N–H and O–H groups in total. The van der Waals surface area contributed by atoms with E-state index in [0.717, 1.165) is 10.0 Å². The van der Waals surface area contributed by atoms with Crippen LogP contribution in [-0.4, -0.2) is 10.8 Å². The van der Waals surface area contributed by atoms with Crippen LogP contribution in [0.5, 0.6) is 5.75 Å². The molecule has 0 unspecified atom stereocenters. The highest BCUT2D eigenvalue weighted by atomic mass is 79.9. The van der Waals surface area contributed by atoms with Crippen molar-refractivity contribution in [1.82, 2.24) is 4.98 Å². The molecule has 1 heterocycles. The summed E-state index contributed by atoms with van der Waals surface area (Å²) >= 11 is 3.35. The van der Waals surface area contributed by atoms with E-state index >= 15 is 0 Å². The Morgan fingerprint density at radius 3 is 2.83 bits per heavy atom. The minimum Gasteiger partial charge on any atom is -0.488 e. The number of hydrogen-bond acceptors (Lipinski definition) is 3. The molecule has 1 aromatic carbocycles. The lowest BCUT2D eigenvalue weighted by molar-refractivity contribution is 0.305. The quantitative estimate of drug-likeness (QED) is 0.674. The number of halogens is 1. The summed E-state index contributed by atoms with van der Waals surface area (Å²) in [7, 11) is 0. The van der Waals surface area contributed by atoms with Gasteiger partial charge in [-0.05, 0) is 34.1 Å². The second-order valence-corrected chi connectivity index (χ2v) is 4.63. The lowest BCUT2D eigenvalue weighted by Crippen LogP contribution is -2.13. The number of nitrogens with zero attached hydrogens (tertiary/aromatic N) is 1. The van der Waals surface area contributed by atoms with Crippen LogP contribution in [0.1, 0.15) is 11.1 Å². The Labute approximate surface area is 113 Å². The highest BCUT2D eigenvalue weighted by Crippen LogP contribution is 2.19. The standard InChI is InChI=1S/C13H12BrN3O/c14-10-5-9(6-17-7-10)8-18-12-4-2-1-3-11(12)13(15)16/h1-7H,8H2,(H3,15,16). The van der Waals surface area contributed by atoms with Crippen molar-refractivity contribution in [3.05, 3.63) is 58.3 Å². The summed E-state index contributed by atoms with van der Waals surface area (Å²) in [5.74, 6) is 0.600. The summed E-state index contributed by atoms with van der Waals surface area (Å²) in [6, 6.07) is 9.16. The van der Waals surface area contributed by atoms with Gasteiger partial charge >= 0.3 is 0 Å². The molecule has 2 rings (SSSR count). The van der Waals surface area contributed by atoms with Crippen molar-refractivity contribution >= 4 is 21.8 Å². The number of rotatable bonds is 4. The van der Waals surface area contributed by atoms with Gasteiger partial charge in [0.1, 0.15) is 18.2 Å². The molecule has 0 aliphatic carbocycles. The van der Waals surface area contributed by atoms with Gasteiger partial charge < -0.3 is 10.5 Å². The third-order valence-electron chi connectivity index (χ3n) is 2.33. The van der Waals surface area contributed by atoms with Gasteiger partial charge in [0.15, 0.2) is 0 Å². The Balaban J connectivity index is 2.13. The Hall–Kier alpha value is -1.88. The van der Waals surface area contributed by atoms with Crippen LogP contribution in [0.2, 0.25) is 0 Å². The number of amidine groups is 1. The fraction of sp³-hybridized carbons (Fsp3) is 0.0769. The van der Waals surface area contributed by atoms with Gasteiger partial charge in [0.05, 0.1) is 5.56 Å². The van der Waals surface area contributed by atoms with E-state index in [1.54, 1.807) is 24.5 Å². The normalized spacial score (nSPS) is 10.1. The van der Waals surface area contributed by atoms with E-state index in [1.807, 2.05) is 18.2 Å². The number of nitrogens with two attached hydrogens (primary N) is 1. The Morgan fingerprint density at radius 2 is 2.11 bits per heavy atom. The minimum absolute atomic E-state index is 0.00188. The third-order valence-corrected chi connectivity index (χ3v) is 2.77. The number of nitrogens with one attached hydrogen (secondary N) is 1. The molecule has 5 heteroatoms. The largest absolute Gasteiger partial charge is 0.488 e. The Kier molecular flexibility index (Phi) is 3.94. The predicted molar refractivity (Wildman–Crippen MR) is 73.7 cm³/mol. The van der Waals surface area contributed by atoms with Crippen molar-refractivity contribution in [2.24, 2.45) is 5.73 Å². The van der Waals surface area contributed by atoms with Crippen LogP contribution < -0.4 is 10.5 Å². The average Bonchev–Trinajstić information content (AvgIpc) is 2.37. The highest BCUT2D eigenvalue weighted by molar-refractivity contribution is 9.10. The fourth-order valence-electron chi connectivity index (χ4n) is 1.51. The average molecular weight is 306 g/mol. The van der Waals surface area contributed by atoms with Gasteiger partial charge in [-0.2, -0.15) is 0 Å². The van der Waals surface area contributed by atoms with Crippen LogP contribution in [0.15, 0.2) is 47.2 Å². The molecule has 0 saturated heterocycles. The lowest BCUT2D eigenvalue weighted by atomic mass is 10.2. The predicted octanol–water partition coefficient (Wildman–Crippen LogP) is 2.71.